The number of methoxy groups -OCH3 is 2. The molecule has 1 amide bonds. The zero-order valence-electron chi connectivity index (χ0n) is 27.6. The first kappa shape index (κ1) is 37.1. The van der Waals surface area contributed by atoms with E-state index in [-0.39, 0.29) is 54.2 Å². The molecule has 4 aromatic rings. The molecule has 0 bridgehead atoms. The molecule has 0 aliphatic carbocycles. The maximum Gasteiger partial charge on any atom is 0.476 e. The number of hydrogen-bond acceptors (Lipinski definition) is 15. The summed E-state index contributed by atoms with van der Waals surface area (Å²) < 4.78 is 55.5. The molecule has 2 aromatic carbocycles. The van der Waals surface area contributed by atoms with Crippen molar-refractivity contribution in [3.05, 3.63) is 85.0 Å². The van der Waals surface area contributed by atoms with Crippen LogP contribution in [0.15, 0.2) is 73.8 Å². The van der Waals surface area contributed by atoms with Crippen LogP contribution in [-0.4, -0.2) is 82.8 Å². The number of aromatic nitrogens is 4. The van der Waals surface area contributed by atoms with E-state index in [1.54, 1.807) is 36.4 Å². The van der Waals surface area contributed by atoms with Crippen molar-refractivity contribution >= 4 is 36.7 Å². The number of phosphoric ester groups is 1. The predicted molar refractivity (Wildman–Crippen MR) is 179 cm³/mol. The lowest BCUT2D eigenvalue weighted by Crippen LogP contribution is -2.28. The maximum atomic E-state index is 14.5. The number of carbonyl (C=O) groups is 2. The quantitative estimate of drug-likeness (QED) is 0.0640. The zero-order chi connectivity index (χ0) is 36.4. The maximum absolute atomic E-state index is 14.5. The molecule has 0 radical (unpaired) electrons. The molecule has 51 heavy (non-hydrogen) atoms. The van der Waals surface area contributed by atoms with Crippen LogP contribution in [-0.2, 0) is 27.6 Å². The molecule has 1 fully saturated rings. The number of aliphatic hydroxyl groups excluding tert-OH is 1. The molecule has 2 N–H and O–H groups in total. The van der Waals surface area contributed by atoms with Gasteiger partial charge in [0, 0.05) is 18.1 Å². The number of Topliss-reactive ketones (excluding diaryl/α,β-unsaturated/α-hetero) is 1. The number of imidazole rings is 1. The average molecular weight is 723 g/mol. The third kappa shape index (κ3) is 8.94. The fourth-order valence-corrected chi connectivity index (χ4v) is 6.66. The number of nitrogens with zero attached hydrogens (tertiary/aromatic N) is 5. The van der Waals surface area contributed by atoms with Crippen molar-refractivity contribution in [2.45, 2.75) is 37.4 Å². The second-order valence-corrected chi connectivity index (χ2v) is 12.4. The second-order valence-electron chi connectivity index (χ2n) is 10.8. The first-order valence-corrected chi connectivity index (χ1v) is 17.0. The van der Waals surface area contributed by atoms with Crippen molar-refractivity contribution in [3.8, 4) is 17.6 Å². The van der Waals surface area contributed by atoms with Gasteiger partial charge in [0.1, 0.15) is 42.9 Å². The highest BCUT2D eigenvalue weighted by Gasteiger charge is 2.45. The van der Waals surface area contributed by atoms with Gasteiger partial charge in [-0.3, -0.25) is 28.2 Å². The summed E-state index contributed by atoms with van der Waals surface area (Å²) in [4.78, 5) is 38.8. The summed E-state index contributed by atoms with van der Waals surface area (Å²) in [6.07, 6.45) is -1.58. The Balaban J connectivity index is 1.45. The number of rotatable bonds is 17. The summed E-state index contributed by atoms with van der Waals surface area (Å²) >= 11 is 0. The molecular weight excluding hydrogens is 687 g/mol. The molecule has 2 aromatic heterocycles. The largest absolute Gasteiger partial charge is 0.497 e. The van der Waals surface area contributed by atoms with Crippen molar-refractivity contribution in [2.75, 3.05) is 39.4 Å². The Morgan fingerprint density at radius 1 is 1.18 bits per heavy atom. The van der Waals surface area contributed by atoms with Gasteiger partial charge in [0.2, 0.25) is 0 Å². The molecule has 1 saturated heterocycles. The first-order chi connectivity index (χ1) is 24.7. The van der Waals surface area contributed by atoms with Gasteiger partial charge in [-0.25, -0.2) is 24.3 Å². The number of amides is 1. The van der Waals surface area contributed by atoms with Crippen molar-refractivity contribution < 1.29 is 51.8 Å². The molecule has 5 rings (SSSR count). The summed E-state index contributed by atoms with van der Waals surface area (Å²) in [7, 11) is -1.87. The van der Waals surface area contributed by atoms with Crippen LogP contribution in [0.5, 0.6) is 11.5 Å². The molecular formula is C33H35N6O11P. The van der Waals surface area contributed by atoms with E-state index >= 15 is 0 Å². The number of aliphatic hydroxyl groups is 1. The normalized spacial score (nSPS) is 18.7. The van der Waals surface area contributed by atoms with Crippen molar-refractivity contribution in [1.82, 2.24) is 19.5 Å². The van der Waals surface area contributed by atoms with Crippen LogP contribution in [0.25, 0.3) is 11.2 Å². The molecule has 0 saturated carbocycles. The molecule has 2 unspecified atom stereocenters. The van der Waals surface area contributed by atoms with Crippen LogP contribution >= 0.6 is 7.82 Å². The number of phosphoric acid groups is 1. The van der Waals surface area contributed by atoms with E-state index < -0.39 is 50.8 Å². The monoisotopic (exact) mass is 722 g/mol. The van der Waals surface area contributed by atoms with Gasteiger partial charge in [-0.05, 0) is 17.7 Å². The van der Waals surface area contributed by atoms with Gasteiger partial charge in [0.15, 0.2) is 28.9 Å². The number of nitrogens with one attached hydrogen (secondary N) is 1. The van der Waals surface area contributed by atoms with E-state index in [0.717, 1.165) is 0 Å². The average Bonchev–Trinajstić information content (AvgIpc) is 3.77. The van der Waals surface area contributed by atoms with E-state index in [0.29, 0.717) is 11.5 Å². The predicted octanol–water partition coefficient (Wildman–Crippen LogP) is 4.92. The van der Waals surface area contributed by atoms with Crippen LogP contribution in [0.1, 0.15) is 41.1 Å². The fraction of sp³-hybridized carbons (Fsp3) is 0.333. The number of nitriles is 1. The number of carbonyl (C=O) groups excluding carboxylic acids is 2. The van der Waals surface area contributed by atoms with Gasteiger partial charge in [-0.15, -0.1) is 0 Å². The van der Waals surface area contributed by atoms with E-state index in [2.05, 4.69) is 26.8 Å². The Hall–Kier alpha value is -5.21. The van der Waals surface area contributed by atoms with Gasteiger partial charge in [-0.1, -0.05) is 43.0 Å². The van der Waals surface area contributed by atoms with Gasteiger partial charge < -0.3 is 24.1 Å². The third-order valence-corrected chi connectivity index (χ3v) is 9.01. The minimum absolute atomic E-state index is 0.0168. The van der Waals surface area contributed by atoms with Crippen molar-refractivity contribution in [1.29, 1.82) is 5.26 Å². The second kappa shape index (κ2) is 17.1. The van der Waals surface area contributed by atoms with E-state index in [1.165, 1.54) is 49.7 Å². The number of ether oxygens (including phenoxy) is 4. The van der Waals surface area contributed by atoms with Crippen molar-refractivity contribution in [2.24, 2.45) is 0 Å². The van der Waals surface area contributed by atoms with E-state index in [4.69, 9.17) is 32.5 Å². The number of fused-ring (bicyclic) bond motifs is 1. The van der Waals surface area contributed by atoms with Gasteiger partial charge in [0.05, 0.1) is 46.3 Å². The molecule has 1 aliphatic heterocycles. The topological polar surface area (TPSA) is 215 Å². The van der Waals surface area contributed by atoms with Crippen molar-refractivity contribution in [3.63, 3.8) is 0 Å². The fourth-order valence-electron chi connectivity index (χ4n) is 5.15. The van der Waals surface area contributed by atoms with Crippen LogP contribution < -0.4 is 14.8 Å². The molecule has 0 spiro atoms. The minimum Gasteiger partial charge on any atom is -0.497 e. The lowest BCUT2D eigenvalue weighted by molar-refractivity contribution is -0.0464. The Morgan fingerprint density at radius 2 is 1.92 bits per heavy atom. The zero-order valence-corrected chi connectivity index (χ0v) is 28.5. The number of benzene rings is 2. The standard InChI is InChI=1S/C33H35N6O11P/c1-4-12-46-33(42)38-31-28-32(36-19-35-31)39(20-37-28)27-17-25(26(18-40)48-27)49-51(43,47-13-8-11-34)50-30(29(41)21-9-6-5-7-10-21)22-14-23(44-2)16-24(15-22)45-3/h4-7,9-10,14-16,19-20,25-27,30,40H,1,8,12-13,17-18H2,2-3H3,(H,35,36,38,42)/t25-,26+,27+,30?,51?/m0/s1. The van der Waals surface area contributed by atoms with Gasteiger partial charge >= 0.3 is 13.9 Å². The van der Waals surface area contributed by atoms with Crippen LogP contribution in [0.4, 0.5) is 10.6 Å². The van der Waals surface area contributed by atoms with E-state index in [9.17, 15) is 24.5 Å². The minimum atomic E-state index is -4.74. The lowest BCUT2D eigenvalue weighted by Gasteiger charge is -2.27. The van der Waals surface area contributed by atoms with Crippen LogP contribution in [0.3, 0.4) is 0 Å². The highest BCUT2D eigenvalue weighted by Crippen LogP contribution is 2.57. The highest BCUT2D eigenvalue weighted by molar-refractivity contribution is 7.48. The summed E-state index contributed by atoms with van der Waals surface area (Å²) in [5.41, 5.74) is 0.930. The Morgan fingerprint density at radius 3 is 2.59 bits per heavy atom. The SMILES string of the molecule is C=CCOC(=O)Nc1ncnc2c1ncn2[C@H]1C[C@H](OP(=O)(OCCC#N)OC(C(=O)c2ccccc2)c2cc(OC)cc(OC)c2)[C@@H](CO)O1. The number of ketones is 1. The lowest BCUT2D eigenvalue weighted by atomic mass is 9.99. The Bertz CT molecular complexity index is 1910. The summed E-state index contributed by atoms with van der Waals surface area (Å²) in [6, 6.07) is 14.7. The summed E-state index contributed by atoms with van der Waals surface area (Å²) in [6.45, 7) is 2.55. The first-order valence-electron chi connectivity index (χ1n) is 15.5. The molecule has 268 valence electrons. The molecule has 17 nitrogen and oxygen atoms in total. The van der Waals surface area contributed by atoms with Crippen LogP contribution in [0.2, 0.25) is 0 Å². The Labute approximate surface area is 292 Å². The highest BCUT2D eigenvalue weighted by atomic mass is 31.2. The van der Waals surface area contributed by atoms with E-state index in [1.807, 2.05) is 6.07 Å². The number of anilines is 1. The number of hydrogen-bond donors (Lipinski definition) is 2. The molecule has 1 aliphatic rings. The van der Waals surface area contributed by atoms with Gasteiger partial charge in [0.25, 0.3) is 0 Å². The van der Waals surface area contributed by atoms with Crippen LogP contribution in [0, 0.1) is 11.3 Å². The smallest absolute Gasteiger partial charge is 0.476 e. The molecule has 5 atom stereocenters. The Kier molecular flexibility index (Phi) is 12.5. The molecule has 18 heteroatoms. The van der Waals surface area contributed by atoms with Gasteiger partial charge in [-0.2, -0.15) is 5.26 Å². The third-order valence-electron chi connectivity index (χ3n) is 7.52. The molecule has 3 heterocycles. The summed E-state index contributed by atoms with van der Waals surface area (Å²) in [5.74, 6) is 0.149. The summed E-state index contributed by atoms with van der Waals surface area (Å²) in [5, 5.41) is 22.0.